The summed E-state index contributed by atoms with van der Waals surface area (Å²) in [7, 11) is 0. The lowest BCUT2D eigenvalue weighted by Crippen LogP contribution is -2.35. The van der Waals surface area contributed by atoms with Gasteiger partial charge in [0, 0.05) is 42.2 Å². The molecule has 1 aromatic carbocycles. The molecule has 0 radical (unpaired) electrons. The van der Waals surface area contributed by atoms with Crippen LogP contribution < -0.4 is 4.90 Å². The molecule has 0 N–H and O–H groups in total. The molecular weight excluding hydrogens is 308 g/mol. The van der Waals surface area contributed by atoms with Crippen LogP contribution in [0.4, 0.5) is 5.69 Å². The largest absolute Gasteiger partial charge is 0.334 e. The van der Waals surface area contributed by atoms with Gasteiger partial charge in [0.25, 0.3) is 5.91 Å². The number of carbonyl (C=O) groups excluding carboxylic acids is 2. The highest BCUT2D eigenvalue weighted by Crippen LogP contribution is 2.26. The first kappa shape index (κ1) is 14.5. The van der Waals surface area contributed by atoms with Crippen molar-refractivity contribution < 1.29 is 9.59 Å². The minimum Gasteiger partial charge on any atom is -0.334 e. The quantitative estimate of drug-likeness (QED) is 0.851. The Labute approximate surface area is 139 Å². The maximum atomic E-state index is 12.7. The fourth-order valence-electron chi connectivity index (χ4n) is 3.31. The third kappa shape index (κ3) is 2.65. The van der Waals surface area contributed by atoms with E-state index >= 15 is 0 Å². The predicted octanol–water partition coefficient (Wildman–Crippen LogP) is 3.07. The summed E-state index contributed by atoms with van der Waals surface area (Å²) in [5.41, 5.74) is 2.86. The molecule has 2 aliphatic heterocycles. The fourth-order valence-corrected chi connectivity index (χ4v) is 4.20. The maximum Gasteiger partial charge on any atom is 0.254 e. The van der Waals surface area contributed by atoms with E-state index in [0.717, 1.165) is 31.6 Å². The van der Waals surface area contributed by atoms with Crippen molar-refractivity contribution in [3.05, 3.63) is 51.7 Å². The third-order valence-corrected chi connectivity index (χ3v) is 5.62. The Morgan fingerprint density at radius 3 is 2.61 bits per heavy atom. The summed E-state index contributed by atoms with van der Waals surface area (Å²) in [5, 5.41) is 2.10. The Hall–Kier alpha value is -2.14. The molecule has 23 heavy (non-hydrogen) atoms. The molecule has 4 rings (SSSR count). The molecule has 0 bridgehead atoms. The highest BCUT2D eigenvalue weighted by atomic mass is 32.1. The minimum absolute atomic E-state index is 0.0705. The van der Waals surface area contributed by atoms with Gasteiger partial charge in [-0.15, -0.1) is 11.3 Å². The molecule has 4 nitrogen and oxygen atoms in total. The van der Waals surface area contributed by atoms with Crippen LogP contribution in [0.25, 0.3) is 0 Å². The van der Waals surface area contributed by atoms with Gasteiger partial charge in [0.15, 0.2) is 0 Å². The van der Waals surface area contributed by atoms with Crippen molar-refractivity contribution in [2.24, 2.45) is 0 Å². The van der Waals surface area contributed by atoms with Gasteiger partial charge >= 0.3 is 0 Å². The summed E-state index contributed by atoms with van der Waals surface area (Å²) in [6.07, 6.45) is 2.48. The minimum atomic E-state index is 0.0705. The monoisotopic (exact) mass is 326 g/mol. The van der Waals surface area contributed by atoms with Gasteiger partial charge in [-0.05, 0) is 54.1 Å². The van der Waals surface area contributed by atoms with Crippen molar-refractivity contribution in [1.29, 1.82) is 0 Å². The van der Waals surface area contributed by atoms with Crippen LogP contribution in [0.2, 0.25) is 0 Å². The molecule has 0 atom stereocenters. The zero-order valence-electron chi connectivity index (χ0n) is 12.8. The van der Waals surface area contributed by atoms with Gasteiger partial charge in [-0.3, -0.25) is 9.59 Å². The zero-order valence-corrected chi connectivity index (χ0v) is 13.6. The molecule has 0 spiro atoms. The average molecular weight is 326 g/mol. The number of hydrogen-bond acceptors (Lipinski definition) is 3. The molecule has 0 saturated carbocycles. The second-order valence-electron chi connectivity index (χ2n) is 6.04. The highest BCUT2D eigenvalue weighted by molar-refractivity contribution is 7.10. The van der Waals surface area contributed by atoms with Crippen molar-refractivity contribution in [3.63, 3.8) is 0 Å². The molecule has 2 amide bonds. The lowest BCUT2D eigenvalue weighted by molar-refractivity contribution is -0.117. The van der Waals surface area contributed by atoms with Gasteiger partial charge in [0.05, 0.1) is 0 Å². The van der Waals surface area contributed by atoms with E-state index in [1.807, 2.05) is 29.2 Å². The average Bonchev–Trinajstić information content (AvgIpc) is 3.22. The van der Waals surface area contributed by atoms with Crippen molar-refractivity contribution in [3.8, 4) is 0 Å². The smallest absolute Gasteiger partial charge is 0.254 e. The molecular formula is C18H18N2O2S. The number of carbonyl (C=O) groups is 2. The standard InChI is InChI=1S/C18H18N2O2S/c21-17-2-1-9-20(17)15-5-3-13(4-6-15)18(22)19-10-7-16-14(12-19)8-11-23-16/h3-6,8,11H,1-2,7,9-10,12H2. The van der Waals surface area contributed by atoms with E-state index in [-0.39, 0.29) is 11.8 Å². The lowest BCUT2D eigenvalue weighted by Gasteiger charge is -2.27. The molecule has 3 heterocycles. The second kappa shape index (κ2) is 5.81. The Kier molecular flexibility index (Phi) is 3.65. The Morgan fingerprint density at radius 1 is 1.04 bits per heavy atom. The van der Waals surface area contributed by atoms with Gasteiger partial charge in [-0.25, -0.2) is 0 Å². The van der Waals surface area contributed by atoms with Crippen molar-refractivity contribution in [2.45, 2.75) is 25.8 Å². The number of nitrogens with zero attached hydrogens (tertiary/aromatic N) is 2. The van der Waals surface area contributed by atoms with Crippen molar-refractivity contribution in [1.82, 2.24) is 4.90 Å². The molecule has 2 aromatic rings. The van der Waals surface area contributed by atoms with E-state index in [1.165, 1.54) is 10.4 Å². The summed E-state index contributed by atoms with van der Waals surface area (Å²) >= 11 is 1.78. The normalized spacial score (nSPS) is 17.5. The number of amides is 2. The number of thiophene rings is 1. The van der Waals surface area contributed by atoms with Gasteiger partial charge in [0.2, 0.25) is 5.91 Å². The van der Waals surface area contributed by atoms with Crippen LogP contribution in [0.1, 0.15) is 33.6 Å². The molecule has 2 aliphatic rings. The Balaban J connectivity index is 1.50. The van der Waals surface area contributed by atoms with Crippen LogP contribution in [0, 0.1) is 0 Å². The summed E-state index contributed by atoms with van der Waals surface area (Å²) in [5.74, 6) is 0.242. The summed E-state index contributed by atoms with van der Waals surface area (Å²) in [6, 6.07) is 9.56. The molecule has 1 aromatic heterocycles. The predicted molar refractivity (Wildman–Crippen MR) is 90.8 cm³/mol. The molecule has 1 fully saturated rings. The van der Waals surface area contributed by atoms with E-state index in [1.54, 1.807) is 16.2 Å². The van der Waals surface area contributed by atoms with Crippen LogP contribution in [-0.2, 0) is 17.8 Å². The van der Waals surface area contributed by atoms with E-state index in [2.05, 4.69) is 11.4 Å². The van der Waals surface area contributed by atoms with Crippen LogP contribution in [0.3, 0.4) is 0 Å². The first-order valence-electron chi connectivity index (χ1n) is 7.97. The summed E-state index contributed by atoms with van der Waals surface area (Å²) < 4.78 is 0. The summed E-state index contributed by atoms with van der Waals surface area (Å²) in [6.45, 7) is 2.25. The highest BCUT2D eigenvalue weighted by Gasteiger charge is 2.24. The molecule has 1 saturated heterocycles. The van der Waals surface area contributed by atoms with Crippen molar-refractivity contribution in [2.75, 3.05) is 18.0 Å². The van der Waals surface area contributed by atoms with Gasteiger partial charge < -0.3 is 9.80 Å². The topological polar surface area (TPSA) is 40.6 Å². The molecule has 0 aliphatic carbocycles. The third-order valence-electron chi connectivity index (χ3n) is 4.59. The van der Waals surface area contributed by atoms with Crippen LogP contribution in [0.5, 0.6) is 0 Å². The first-order valence-corrected chi connectivity index (χ1v) is 8.85. The number of fused-ring (bicyclic) bond motifs is 1. The van der Waals surface area contributed by atoms with Crippen LogP contribution in [-0.4, -0.2) is 29.8 Å². The number of rotatable bonds is 2. The zero-order chi connectivity index (χ0) is 15.8. The lowest BCUT2D eigenvalue weighted by atomic mass is 10.1. The van der Waals surface area contributed by atoms with Gasteiger partial charge in [-0.2, -0.15) is 0 Å². The first-order chi connectivity index (χ1) is 11.2. The van der Waals surface area contributed by atoms with Gasteiger partial charge in [0.1, 0.15) is 0 Å². The van der Waals surface area contributed by atoms with Crippen LogP contribution in [0.15, 0.2) is 35.7 Å². The Bertz CT molecular complexity index is 751. The van der Waals surface area contributed by atoms with Crippen LogP contribution >= 0.6 is 11.3 Å². The SMILES string of the molecule is O=C(c1ccc(N2CCCC2=O)cc1)N1CCc2sccc2C1. The molecule has 0 unspecified atom stereocenters. The van der Waals surface area contributed by atoms with E-state index < -0.39 is 0 Å². The maximum absolute atomic E-state index is 12.7. The Morgan fingerprint density at radius 2 is 1.87 bits per heavy atom. The number of benzene rings is 1. The number of hydrogen-bond donors (Lipinski definition) is 0. The number of anilines is 1. The molecule has 118 valence electrons. The van der Waals surface area contributed by atoms with E-state index in [4.69, 9.17) is 0 Å². The van der Waals surface area contributed by atoms with E-state index in [9.17, 15) is 9.59 Å². The van der Waals surface area contributed by atoms with Gasteiger partial charge in [-0.1, -0.05) is 0 Å². The van der Waals surface area contributed by atoms with E-state index in [0.29, 0.717) is 18.5 Å². The van der Waals surface area contributed by atoms with Crippen molar-refractivity contribution >= 4 is 28.8 Å². The molecule has 5 heteroatoms. The second-order valence-corrected chi connectivity index (χ2v) is 7.04. The summed E-state index contributed by atoms with van der Waals surface area (Å²) in [4.78, 5) is 29.6. The fraction of sp³-hybridized carbons (Fsp3) is 0.333.